The van der Waals surface area contributed by atoms with Crippen LogP contribution in [-0.4, -0.2) is 133 Å². The molecule has 2 aromatic rings. The number of fused-ring (bicyclic) bond motifs is 2. The van der Waals surface area contributed by atoms with Crippen molar-refractivity contribution in [1.29, 1.82) is 0 Å². The first-order valence-electron chi connectivity index (χ1n) is 13.5. The summed E-state index contributed by atoms with van der Waals surface area (Å²) in [6, 6.07) is -0.507. The first-order valence-corrected chi connectivity index (χ1v) is 18.5. The minimum atomic E-state index is -5.29. The van der Waals surface area contributed by atoms with Gasteiger partial charge in [0.05, 0.1) is 59.6 Å². The topological polar surface area (TPSA) is 269 Å². The summed E-state index contributed by atoms with van der Waals surface area (Å²) in [6.07, 6.45) is -7.24. The van der Waals surface area contributed by atoms with Gasteiger partial charge in [0.2, 0.25) is 0 Å². The quantitative estimate of drug-likeness (QED) is 0.120. The third-order valence-electron chi connectivity index (χ3n) is 8.54. The van der Waals surface area contributed by atoms with Gasteiger partial charge in [0.1, 0.15) is 30.0 Å². The molecule has 2 aliphatic heterocycles. The lowest BCUT2D eigenvalue weighted by Gasteiger charge is -2.49. The number of nitrogens with two attached hydrogens (primary N) is 1. The Morgan fingerprint density at radius 2 is 1.96 bits per heavy atom. The van der Waals surface area contributed by atoms with Gasteiger partial charge in [-0.25, -0.2) is 18.8 Å². The molecule has 254 valence electrons. The smallest absolute Gasteiger partial charge is 0.394 e. The number of nitrogens with zero attached hydrogens (tertiary/aromatic N) is 3. The Labute approximate surface area is 266 Å². The van der Waals surface area contributed by atoms with Crippen LogP contribution in [-0.2, 0) is 43.9 Å². The standard InChI is InChI=1S/C23H36N4O14P2S2/c1-22(36-4)18(27(2)3)11(38-19(22)9-7-45-17-14(9)25-8-26-20(17)24)6-37-43(35,44)41-42(33,34)40-21-13-16(31)15(30)12(10(29)5-28)23(13,32)39-21/h7-8,10-13,15-16,18-19,21,28-32H,5-6H2,1-4H3,(H,33,34)(H,35,44)(H2,24,25,26)/t10-,11+,12?,13?,15?,16?,18+,19-,21?,22+,23?,43?/m0/s1. The van der Waals surface area contributed by atoms with Crippen molar-refractivity contribution in [3.63, 3.8) is 0 Å². The Kier molecular flexibility index (Phi) is 9.90. The Balaban J connectivity index is 1.28. The zero-order chi connectivity index (χ0) is 33.3. The zero-order valence-electron chi connectivity index (χ0n) is 24.4. The van der Waals surface area contributed by atoms with E-state index in [1.165, 1.54) is 24.8 Å². The van der Waals surface area contributed by atoms with Crippen molar-refractivity contribution in [3.8, 4) is 0 Å². The number of phosphoric acid groups is 1. The second kappa shape index (κ2) is 12.6. The number of ether oxygens (including phenoxy) is 3. The zero-order valence-corrected chi connectivity index (χ0v) is 27.8. The van der Waals surface area contributed by atoms with Crippen LogP contribution in [0.1, 0.15) is 18.6 Å². The van der Waals surface area contributed by atoms with Gasteiger partial charge in [-0.05, 0) is 38.2 Å². The molecule has 0 radical (unpaired) electrons. The van der Waals surface area contributed by atoms with E-state index in [9.17, 15) is 39.9 Å². The van der Waals surface area contributed by atoms with Gasteiger partial charge in [-0.1, -0.05) is 0 Å². The van der Waals surface area contributed by atoms with Crippen LogP contribution in [0.15, 0.2) is 11.7 Å². The van der Waals surface area contributed by atoms with Crippen LogP contribution >= 0.6 is 25.9 Å². The summed E-state index contributed by atoms with van der Waals surface area (Å²) in [5, 5.41) is 52.4. The molecule has 2 aromatic heterocycles. The molecule has 5 rings (SSSR count). The van der Waals surface area contributed by atoms with Crippen LogP contribution in [0, 0.1) is 11.8 Å². The summed E-state index contributed by atoms with van der Waals surface area (Å²) in [6.45, 7) is -3.99. The highest BCUT2D eigenvalue weighted by molar-refractivity contribution is 8.08. The van der Waals surface area contributed by atoms with Crippen molar-refractivity contribution >= 4 is 53.7 Å². The van der Waals surface area contributed by atoms with Gasteiger partial charge in [0.15, 0.2) is 12.1 Å². The van der Waals surface area contributed by atoms with E-state index in [4.69, 9.17) is 45.1 Å². The lowest BCUT2D eigenvalue weighted by Crippen LogP contribution is -2.64. The number of aliphatic hydroxyl groups is 5. The van der Waals surface area contributed by atoms with Gasteiger partial charge in [-0.2, -0.15) is 0 Å². The maximum Gasteiger partial charge on any atom is 0.481 e. The second-order valence-corrected chi connectivity index (χ2v) is 16.7. The summed E-state index contributed by atoms with van der Waals surface area (Å²) in [4.78, 5) is 31.3. The maximum absolute atomic E-state index is 12.8. The highest BCUT2D eigenvalue weighted by Crippen LogP contribution is 2.65. The third-order valence-corrected chi connectivity index (χ3v) is 13.1. The highest BCUT2D eigenvalue weighted by atomic mass is 32.5. The van der Waals surface area contributed by atoms with Gasteiger partial charge in [-0.15, -0.1) is 11.3 Å². The second-order valence-electron chi connectivity index (χ2n) is 11.4. The number of rotatable bonds is 12. The number of aliphatic hydroxyl groups excluding tert-OH is 4. The summed E-state index contributed by atoms with van der Waals surface area (Å²) in [5.74, 6) is -5.16. The fourth-order valence-corrected chi connectivity index (χ4v) is 10.6. The SMILES string of the molecule is CO[C@@]1(C)[C@H](c2csc3c(N)ncnc23)O[C@H](COP(O)(=S)OP(=O)(O)OC2OC3(O)C2C(O)C(O)C3[C@@H](O)CO)[C@H]1N(C)C. The van der Waals surface area contributed by atoms with Crippen LogP contribution in [0.5, 0.6) is 0 Å². The largest absolute Gasteiger partial charge is 0.481 e. The van der Waals surface area contributed by atoms with E-state index < -0.39 is 93.8 Å². The number of hydrogen-bond acceptors (Lipinski definition) is 18. The molecule has 1 saturated carbocycles. The molecule has 1 aliphatic carbocycles. The summed E-state index contributed by atoms with van der Waals surface area (Å²) in [5.41, 5.74) is 6.29. The van der Waals surface area contributed by atoms with Crippen molar-refractivity contribution in [2.24, 2.45) is 11.8 Å². The van der Waals surface area contributed by atoms with Crippen molar-refractivity contribution in [3.05, 3.63) is 17.3 Å². The molecule has 18 nitrogen and oxygen atoms in total. The number of anilines is 1. The van der Waals surface area contributed by atoms with Crippen LogP contribution in [0.25, 0.3) is 10.2 Å². The van der Waals surface area contributed by atoms with Crippen molar-refractivity contribution in [1.82, 2.24) is 14.9 Å². The molecular weight excluding hydrogens is 682 g/mol. The molecule has 13 atom stereocenters. The molecule has 0 spiro atoms. The van der Waals surface area contributed by atoms with E-state index in [0.29, 0.717) is 21.6 Å². The maximum atomic E-state index is 12.8. The molecule has 4 heterocycles. The Morgan fingerprint density at radius 3 is 2.58 bits per heavy atom. The summed E-state index contributed by atoms with van der Waals surface area (Å²) in [7, 11) is -0.208. The minimum absolute atomic E-state index is 0.310. The van der Waals surface area contributed by atoms with E-state index >= 15 is 0 Å². The van der Waals surface area contributed by atoms with E-state index in [0.717, 1.165) is 0 Å². The normalized spacial score (nSPS) is 39.8. The predicted molar refractivity (Wildman–Crippen MR) is 159 cm³/mol. The highest BCUT2D eigenvalue weighted by Gasteiger charge is 2.73. The van der Waals surface area contributed by atoms with Gasteiger partial charge >= 0.3 is 14.5 Å². The van der Waals surface area contributed by atoms with Crippen LogP contribution < -0.4 is 5.73 Å². The van der Waals surface area contributed by atoms with E-state index in [-0.39, 0.29) is 0 Å². The molecule has 8 unspecified atom stereocenters. The van der Waals surface area contributed by atoms with Crippen LogP contribution in [0.2, 0.25) is 0 Å². The first kappa shape index (κ1) is 35.5. The van der Waals surface area contributed by atoms with Gasteiger partial charge in [-0.3, -0.25) is 4.52 Å². The van der Waals surface area contributed by atoms with Crippen molar-refractivity contribution in [2.45, 2.75) is 61.2 Å². The van der Waals surface area contributed by atoms with Crippen molar-refractivity contribution in [2.75, 3.05) is 40.2 Å². The van der Waals surface area contributed by atoms with Gasteiger partial charge < -0.3 is 64.7 Å². The van der Waals surface area contributed by atoms with E-state index in [1.807, 2.05) is 17.2 Å². The number of likely N-dealkylation sites (N-methyl/N-ethyl adjacent to an activating group) is 1. The molecular formula is C23H36N4O14P2S2. The minimum Gasteiger partial charge on any atom is -0.394 e. The Bertz CT molecular complexity index is 1510. The molecule has 45 heavy (non-hydrogen) atoms. The van der Waals surface area contributed by atoms with Crippen molar-refractivity contribution < 1.29 is 67.5 Å². The predicted octanol–water partition coefficient (Wildman–Crippen LogP) is -1.22. The fourth-order valence-electron chi connectivity index (χ4n) is 6.58. The average molecular weight is 719 g/mol. The van der Waals surface area contributed by atoms with Gasteiger partial charge in [0.25, 0.3) is 0 Å². The molecule has 3 aliphatic rings. The fraction of sp³-hybridized carbons (Fsp3) is 0.739. The summed E-state index contributed by atoms with van der Waals surface area (Å²) >= 11 is 6.32. The van der Waals surface area contributed by atoms with E-state index in [2.05, 4.69) is 9.97 Å². The Hall–Kier alpha value is -0.840. The third kappa shape index (κ3) is 6.14. The molecule has 3 fully saturated rings. The number of phosphoric ester groups is 1. The molecule has 0 aromatic carbocycles. The Morgan fingerprint density at radius 1 is 1.27 bits per heavy atom. The number of methoxy groups -OCH3 is 1. The molecule has 0 amide bonds. The summed E-state index contributed by atoms with van der Waals surface area (Å²) < 4.78 is 46.1. The van der Waals surface area contributed by atoms with Crippen LogP contribution in [0.3, 0.4) is 0 Å². The van der Waals surface area contributed by atoms with Crippen LogP contribution in [0.4, 0.5) is 5.82 Å². The lowest BCUT2D eigenvalue weighted by atomic mass is 9.86. The number of thiophene rings is 1. The number of aromatic nitrogens is 2. The number of hydrogen-bond donors (Lipinski definition) is 8. The molecule has 0 bridgehead atoms. The molecule has 9 N–H and O–H groups in total. The van der Waals surface area contributed by atoms with Gasteiger partial charge in [0, 0.05) is 12.7 Å². The monoisotopic (exact) mass is 718 g/mol. The lowest BCUT2D eigenvalue weighted by molar-refractivity contribution is -0.427. The molecule has 22 heteroatoms. The molecule has 2 saturated heterocycles. The number of nitrogen functional groups attached to an aromatic ring is 1. The van der Waals surface area contributed by atoms with E-state index in [1.54, 1.807) is 14.1 Å². The average Bonchev–Trinajstić information content (AvgIpc) is 3.53. The first-order chi connectivity index (χ1) is 20.9.